The van der Waals surface area contributed by atoms with Gasteiger partial charge in [-0.05, 0) is 11.0 Å². The first-order valence-corrected chi connectivity index (χ1v) is 7.95. The summed E-state index contributed by atoms with van der Waals surface area (Å²) in [5.74, 6) is 0.446. The van der Waals surface area contributed by atoms with Crippen molar-refractivity contribution in [3.63, 3.8) is 0 Å². The van der Waals surface area contributed by atoms with Crippen molar-refractivity contribution in [3.05, 3.63) is 34.5 Å². The predicted octanol–water partition coefficient (Wildman–Crippen LogP) is 1.94. The number of piperazine rings is 1. The maximum Gasteiger partial charge on any atom is 0.372 e. The number of pyridine rings is 1. The minimum Gasteiger partial charge on any atom is -0.358 e. The van der Waals surface area contributed by atoms with Gasteiger partial charge in [-0.2, -0.15) is 9.38 Å². The second kappa shape index (κ2) is 5.77. The van der Waals surface area contributed by atoms with Crippen LogP contribution in [-0.4, -0.2) is 51.3 Å². The quantitative estimate of drug-likeness (QED) is 0.620. The molecule has 1 fully saturated rings. The monoisotopic (exact) mass is 331 g/mol. The number of carbonyl (C=O) groups is 1. The lowest BCUT2D eigenvalue weighted by Crippen LogP contribution is -2.51. The van der Waals surface area contributed by atoms with Gasteiger partial charge < -0.3 is 19.9 Å². The summed E-state index contributed by atoms with van der Waals surface area (Å²) in [4.78, 5) is 31.6. The van der Waals surface area contributed by atoms with Crippen LogP contribution in [0.3, 0.4) is 0 Å². The van der Waals surface area contributed by atoms with E-state index in [1.165, 1.54) is 4.40 Å². The van der Waals surface area contributed by atoms with Crippen molar-refractivity contribution < 1.29 is 9.72 Å². The van der Waals surface area contributed by atoms with Crippen LogP contribution in [0.4, 0.5) is 11.6 Å². The third-order valence-corrected chi connectivity index (χ3v) is 4.17. The third kappa shape index (κ3) is 2.79. The molecule has 24 heavy (non-hydrogen) atoms. The molecule has 1 amide bonds. The summed E-state index contributed by atoms with van der Waals surface area (Å²) in [6, 6.07) is 5.29. The first-order valence-electron chi connectivity index (χ1n) is 7.95. The number of fused-ring (bicyclic) bond motifs is 1. The van der Waals surface area contributed by atoms with Crippen LogP contribution in [0.1, 0.15) is 20.8 Å². The van der Waals surface area contributed by atoms with Crippen LogP contribution in [0.2, 0.25) is 0 Å². The van der Waals surface area contributed by atoms with E-state index in [1.807, 2.05) is 30.6 Å². The number of imidazole rings is 1. The van der Waals surface area contributed by atoms with Crippen LogP contribution in [0.25, 0.3) is 5.65 Å². The van der Waals surface area contributed by atoms with E-state index in [4.69, 9.17) is 0 Å². The van der Waals surface area contributed by atoms with Crippen LogP contribution in [-0.2, 0) is 4.79 Å². The normalized spacial score (nSPS) is 15.8. The number of aromatic nitrogens is 2. The number of anilines is 1. The van der Waals surface area contributed by atoms with Crippen molar-refractivity contribution in [2.45, 2.75) is 20.8 Å². The zero-order valence-corrected chi connectivity index (χ0v) is 14.1. The van der Waals surface area contributed by atoms with Gasteiger partial charge >= 0.3 is 5.82 Å². The molecule has 128 valence electrons. The summed E-state index contributed by atoms with van der Waals surface area (Å²) in [7, 11) is 0. The third-order valence-electron chi connectivity index (χ3n) is 4.17. The van der Waals surface area contributed by atoms with E-state index in [0.717, 1.165) is 0 Å². The van der Waals surface area contributed by atoms with Gasteiger partial charge in [0.2, 0.25) is 17.4 Å². The SMILES string of the molecule is CC(C)(C)C(=O)N1CCN(c2nc3ccccn3c2[N+](=O)[O-])CC1. The van der Waals surface area contributed by atoms with Crippen LogP contribution in [0, 0.1) is 15.5 Å². The van der Waals surface area contributed by atoms with Gasteiger partial charge in [-0.25, -0.2) is 0 Å². The Balaban J connectivity index is 1.85. The fraction of sp³-hybridized carbons (Fsp3) is 0.500. The second-order valence-corrected chi connectivity index (χ2v) is 6.97. The first-order chi connectivity index (χ1) is 11.3. The van der Waals surface area contributed by atoms with E-state index in [-0.39, 0.29) is 11.7 Å². The Morgan fingerprint density at radius 3 is 2.46 bits per heavy atom. The highest BCUT2D eigenvalue weighted by molar-refractivity contribution is 5.81. The summed E-state index contributed by atoms with van der Waals surface area (Å²) in [5.41, 5.74) is 0.129. The molecule has 0 N–H and O–H groups in total. The topological polar surface area (TPSA) is 84.0 Å². The average Bonchev–Trinajstić information content (AvgIpc) is 2.93. The second-order valence-electron chi connectivity index (χ2n) is 6.97. The van der Waals surface area contributed by atoms with E-state index in [1.54, 1.807) is 24.4 Å². The van der Waals surface area contributed by atoms with Crippen molar-refractivity contribution in [3.8, 4) is 0 Å². The fourth-order valence-corrected chi connectivity index (χ4v) is 2.95. The standard InChI is InChI=1S/C16H21N5O3/c1-16(2,3)15(22)19-10-8-18(9-11-19)13-14(21(23)24)20-7-5-4-6-12(20)17-13/h4-7H,8-11H2,1-3H3. The average molecular weight is 331 g/mol. The van der Waals surface area contributed by atoms with Crippen molar-refractivity contribution in [1.29, 1.82) is 0 Å². The summed E-state index contributed by atoms with van der Waals surface area (Å²) >= 11 is 0. The lowest BCUT2D eigenvalue weighted by atomic mass is 9.94. The molecule has 3 heterocycles. The number of carbonyl (C=O) groups excluding carboxylic acids is 1. The lowest BCUT2D eigenvalue weighted by Gasteiger charge is -2.37. The maximum atomic E-state index is 12.4. The number of hydrogen-bond donors (Lipinski definition) is 0. The molecule has 0 aromatic carbocycles. The molecule has 2 aromatic rings. The molecule has 2 aromatic heterocycles. The van der Waals surface area contributed by atoms with Gasteiger partial charge in [0.05, 0.1) is 6.20 Å². The van der Waals surface area contributed by atoms with Crippen LogP contribution in [0.15, 0.2) is 24.4 Å². The van der Waals surface area contributed by atoms with E-state index >= 15 is 0 Å². The Morgan fingerprint density at radius 1 is 1.21 bits per heavy atom. The summed E-state index contributed by atoms with van der Waals surface area (Å²) in [6.07, 6.45) is 1.64. The molecule has 1 aliphatic rings. The van der Waals surface area contributed by atoms with Crippen LogP contribution < -0.4 is 4.90 Å². The van der Waals surface area contributed by atoms with Crippen LogP contribution >= 0.6 is 0 Å². The number of nitrogens with zero attached hydrogens (tertiary/aromatic N) is 5. The molecule has 1 saturated heterocycles. The largest absolute Gasteiger partial charge is 0.372 e. The highest BCUT2D eigenvalue weighted by atomic mass is 16.6. The van der Waals surface area contributed by atoms with Crippen molar-refractivity contribution >= 4 is 23.2 Å². The molecule has 0 radical (unpaired) electrons. The number of hydrogen-bond acceptors (Lipinski definition) is 5. The molecular weight excluding hydrogens is 310 g/mol. The maximum absolute atomic E-state index is 12.4. The Kier molecular flexibility index (Phi) is 3.90. The first kappa shape index (κ1) is 16.2. The minimum absolute atomic E-state index is 0.0267. The van der Waals surface area contributed by atoms with Gasteiger partial charge in [0.25, 0.3) is 0 Å². The van der Waals surface area contributed by atoms with E-state index < -0.39 is 10.3 Å². The highest BCUT2D eigenvalue weighted by Gasteiger charge is 2.33. The highest BCUT2D eigenvalue weighted by Crippen LogP contribution is 2.30. The lowest BCUT2D eigenvalue weighted by molar-refractivity contribution is -0.389. The van der Waals surface area contributed by atoms with Crippen molar-refractivity contribution in [2.75, 3.05) is 31.1 Å². The molecular formula is C16H21N5O3. The van der Waals surface area contributed by atoms with Crippen LogP contribution in [0.5, 0.6) is 0 Å². The molecule has 0 saturated carbocycles. The Labute approximate surface area is 139 Å². The Hall–Kier alpha value is -2.64. The van der Waals surface area contributed by atoms with E-state index in [2.05, 4.69) is 4.98 Å². The van der Waals surface area contributed by atoms with Crippen molar-refractivity contribution in [2.24, 2.45) is 5.41 Å². The predicted molar refractivity (Wildman–Crippen MR) is 90.1 cm³/mol. The Morgan fingerprint density at radius 2 is 1.88 bits per heavy atom. The molecule has 8 heteroatoms. The molecule has 1 aliphatic heterocycles. The molecule has 0 unspecified atom stereocenters. The van der Waals surface area contributed by atoms with E-state index in [9.17, 15) is 14.9 Å². The van der Waals surface area contributed by atoms with Gasteiger partial charge in [-0.15, -0.1) is 0 Å². The molecule has 3 rings (SSSR count). The van der Waals surface area contributed by atoms with Gasteiger partial charge in [0.15, 0.2) is 0 Å². The molecule has 0 bridgehead atoms. The van der Waals surface area contributed by atoms with Gasteiger partial charge in [-0.3, -0.25) is 4.79 Å². The summed E-state index contributed by atoms with van der Waals surface area (Å²) < 4.78 is 1.49. The van der Waals surface area contributed by atoms with Gasteiger partial charge in [0, 0.05) is 37.7 Å². The minimum atomic E-state index is -0.419. The molecule has 0 atom stereocenters. The summed E-state index contributed by atoms with van der Waals surface area (Å²) in [5, 5.41) is 11.5. The number of nitro groups is 1. The van der Waals surface area contributed by atoms with Crippen molar-refractivity contribution in [1.82, 2.24) is 14.3 Å². The van der Waals surface area contributed by atoms with Gasteiger partial charge in [-0.1, -0.05) is 26.8 Å². The molecule has 0 aliphatic carbocycles. The smallest absolute Gasteiger partial charge is 0.358 e. The fourth-order valence-electron chi connectivity index (χ4n) is 2.95. The van der Waals surface area contributed by atoms with Gasteiger partial charge in [0.1, 0.15) is 0 Å². The number of rotatable bonds is 2. The molecule has 0 spiro atoms. The zero-order valence-electron chi connectivity index (χ0n) is 14.1. The number of amides is 1. The zero-order chi connectivity index (χ0) is 17.5. The van der Waals surface area contributed by atoms with E-state index in [0.29, 0.717) is 37.6 Å². The molecule has 8 nitrogen and oxygen atoms in total. The summed E-state index contributed by atoms with van der Waals surface area (Å²) in [6.45, 7) is 7.85. The Bertz CT molecular complexity index is 785.